The van der Waals surface area contributed by atoms with Crippen LogP contribution < -0.4 is 9.21 Å². The van der Waals surface area contributed by atoms with Crippen LogP contribution in [0.4, 0.5) is 11.4 Å². The van der Waals surface area contributed by atoms with Gasteiger partial charge in [-0.3, -0.25) is 4.31 Å². The fourth-order valence-corrected chi connectivity index (χ4v) is 6.59. The highest BCUT2D eigenvalue weighted by Gasteiger charge is 2.36. The molecule has 2 aromatic rings. The van der Waals surface area contributed by atoms with Crippen molar-refractivity contribution in [3.05, 3.63) is 53.6 Å². The lowest BCUT2D eigenvalue weighted by Gasteiger charge is -2.41. The summed E-state index contributed by atoms with van der Waals surface area (Å²) in [6.45, 7) is 8.52. The Kier molecular flexibility index (Phi) is 7.76. The average molecular weight is 503 g/mol. The Labute approximate surface area is 209 Å². The molecule has 2 heterocycles. The van der Waals surface area contributed by atoms with Gasteiger partial charge < -0.3 is 19.8 Å². The van der Waals surface area contributed by atoms with Crippen molar-refractivity contribution in [3.63, 3.8) is 0 Å². The number of rotatable bonds is 8. The smallest absolute Gasteiger partial charge is 0.264 e. The minimum Gasteiger partial charge on any atom is -0.388 e. The molecule has 0 saturated carbocycles. The van der Waals surface area contributed by atoms with Gasteiger partial charge in [0, 0.05) is 56.9 Å². The van der Waals surface area contributed by atoms with Crippen molar-refractivity contribution in [1.29, 1.82) is 0 Å². The Morgan fingerprint density at radius 1 is 1.14 bits per heavy atom. The Balaban J connectivity index is 1.67. The lowest BCUT2D eigenvalue weighted by Crippen LogP contribution is -2.48. The van der Waals surface area contributed by atoms with E-state index in [1.165, 1.54) is 4.31 Å². The summed E-state index contributed by atoms with van der Waals surface area (Å²) >= 11 is 0. The lowest BCUT2D eigenvalue weighted by molar-refractivity contribution is -0.0582. The van der Waals surface area contributed by atoms with Gasteiger partial charge in [-0.2, -0.15) is 0 Å². The van der Waals surface area contributed by atoms with Crippen molar-refractivity contribution < 1.29 is 23.4 Å². The molecule has 2 aromatic carbocycles. The van der Waals surface area contributed by atoms with Gasteiger partial charge in [0.2, 0.25) is 0 Å². The van der Waals surface area contributed by atoms with Gasteiger partial charge in [-0.1, -0.05) is 32.9 Å². The summed E-state index contributed by atoms with van der Waals surface area (Å²) in [7, 11) is -3.84. The molecule has 0 aliphatic carbocycles. The van der Waals surface area contributed by atoms with Crippen LogP contribution in [0.15, 0.2) is 47.4 Å². The van der Waals surface area contributed by atoms with Crippen molar-refractivity contribution >= 4 is 21.4 Å². The molecule has 4 rings (SSSR count). The van der Waals surface area contributed by atoms with E-state index in [0.717, 1.165) is 17.7 Å². The molecule has 0 aromatic heterocycles. The number of anilines is 2. The molecule has 7 nitrogen and oxygen atoms in total. The van der Waals surface area contributed by atoms with E-state index in [1.54, 1.807) is 18.2 Å². The molecular weight excluding hydrogens is 464 g/mol. The number of hydrogen-bond donors (Lipinski definition) is 2. The number of aryl methyl sites for hydroxylation is 1. The molecule has 192 valence electrons. The highest BCUT2D eigenvalue weighted by atomic mass is 32.2. The quantitative estimate of drug-likeness (QED) is 0.569. The maximum absolute atomic E-state index is 13.8. The Hall–Kier alpha value is -2.13. The van der Waals surface area contributed by atoms with Crippen LogP contribution in [0.5, 0.6) is 0 Å². The number of aliphatic hydroxyl groups excluding tert-OH is 1. The van der Waals surface area contributed by atoms with Crippen LogP contribution in [0, 0.1) is 5.92 Å². The first-order valence-electron chi connectivity index (χ1n) is 12.6. The predicted octanol–water partition coefficient (Wildman–Crippen LogP) is 3.89. The number of hydrogen-bond acceptors (Lipinski definition) is 6. The lowest BCUT2D eigenvalue weighted by atomic mass is 9.91. The van der Waals surface area contributed by atoms with Crippen LogP contribution in [0.3, 0.4) is 0 Å². The standard InChI is InChI=1S/C27H38N2O5S/c1-4-21-5-7-22(8-6-21)29(18-20(2)3)35(32,33)23-9-10-25-24(17-23)26(30)11-14-28(25)19-27(31)12-15-34-16-13-27/h5-10,17,20,26,30-31H,4,11-16,18-19H2,1-3H3. The first-order chi connectivity index (χ1) is 16.6. The number of aliphatic hydroxyl groups is 2. The zero-order valence-corrected chi connectivity index (χ0v) is 21.8. The van der Waals surface area contributed by atoms with Gasteiger partial charge in [-0.15, -0.1) is 0 Å². The third-order valence-corrected chi connectivity index (χ3v) is 8.82. The van der Waals surface area contributed by atoms with Crippen molar-refractivity contribution in [2.75, 3.05) is 42.1 Å². The van der Waals surface area contributed by atoms with Crippen LogP contribution in [-0.2, 0) is 21.2 Å². The number of benzene rings is 2. The minimum atomic E-state index is -3.84. The van der Waals surface area contributed by atoms with Crippen LogP contribution in [-0.4, -0.2) is 57.1 Å². The summed E-state index contributed by atoms with van der Waals surface area (Å²) in [5.41, 5.74) is 2.32. The van der Waals surface area contributed by atoms with Crippen molar-refractivity contribution in [2.24, 2.45) is 5.92 Å². The van der Waals surface area contributed by atoms with Gasteiger partial charge in [-0.25, -0.2) is 8.42 Å². The SMILES string of the molecule is CCc1ccc(N(CC(C)C)S(=O)(=O)c2ccc3c(c2)C(O)CCN3CC2(O)CCOCC2)cc1. The summed E-state index contributed by atoms with van der Waals surface area (Å²) in [6, 6.07) is 12.7. The molecule has 1 unspecified atom stereocenters. The van der Waals surface area contributed by atoms with Gasteiger partial charge in [-0.05, 0) is 54.7 Å². The fraction of sp³-hybridized carbons (Fsp3) is 0.556. The third kappa shape index (κ3) is 5.66. The molecule has 2 aliphatic heterocycles. The minimum absolute atomic E-state index is 0.134. The van der Waals surface area contributed by atoms with Gasteiger partial charge in [0.1, 0.15) is 0 Å². The number of sulfonamides is 1. The predicted molar refractivity (Wildman–Crippen MR) is 138 cm³/mol. The number of fused-ring (bicyclic) bond motifs is 1. The van der Waals surface area contributed by atoms with Gasteiger partial charge in [0.15, 0.2) is 0 Å². The van der Waals surface area contributed by atoms with Gasteiger partial charge in [0.25, 0.3) is 10.0 Å². The van der Waals surface area contributed by atoms with Crippen LogP contribution in [0.1, 0.15) is 57.3 Å². The largest absolute Gasteiger partial charge is 0.388 e. The van der Waals surface area contributed by atoms with E-state index in [1.807, 2.05) is 38.1 Å². The molecule has 1 saturated heterocycles. The molecule has 0 bridgehead atoms. The summed E-state index contributed by atoms with van der Waals surface area (Å²) < 4.78 is 34.6. The second kappa shape index (κ2) is 10.5. The molecule has 0 amide bonds. The number of nitrogens with zero attached hydrogens (tertiary/aromatic N) is 2. The zero-order chi connectivity index (χ0) is 25.2. The average Bonchev–Trinajstić information content (AvgIpc) is 2.84. The molecule has 0 spiro atoms. The Bertz CT molecular complexity index is 1110. The van der Waals surface area contributed by atoms with Crippen molar-refractivity contribution in [2.45, 2.75) is 63.1 Å². The van der Waals surface area contributed by atoms with Crippen molar-refractivity contribution in [1.82, 2.24) is 0 Å². The summed E-state index contributed by atoms with van der Waals surface area (Å²) in [5, 5.41) is 21.8. The maximum atomic E-state index is 13.8. The molecule has 2 N–H and O–H groups in total. The van der Waals surface area contributed by atoms with E-state index >= 15 is 0 Å². The molecular formula is C27H38N2O5S. The maximum Gasteiger partial charge on any atom is 0.264 e. The van der Waals surface area contributed by atoms with Crippen molar-refractivity contribution in [3.8, 4) is 0 Å². The summed E-state index contributed by atoms with van der Waals surface area (Å²) in [6.07, 6.45) is 1.75. The van der Waals surface area contributed by atoms with Crippen LogP contribution in [0.25, 0.3) is 0 Å². The molecule has 2 aliphatic rings. The van der Waals surface area contributed by atoms with Gasteiger partial charge in [0.05, 0.1) is 22.3 Å². The molecule has 1 fully saturated rings. The summed E-state index contributed by atoms with van der Waals surface area (Å²) in [5.74, 6) is 0.134. The first kappa shape index (κ1) is 25.9. The van der Waals surface area contributed by atoms with Crippen LogP contribution >= 0.6 is 0 Å². The second-order valence-electron chi connectivity index (χ2n) is 10.2. The molecule has 0 radical (unpaired) electrons. The van der Waals surface area contributed by atoms with E-state index in [9.17, 15) is 18.6 Å². The van der Waals surface area contributed by atoms with E-state index in [-0.39, 0.29) is 10.8 Å². The highest BCUT2D eigenvalue weighted by molar-refractivity contribution is 7.92. The monoisotopic (exact) mass is 502 g/mol. The third-order valence-electron chi connectivity index (χ3n) is 7.03. The van der Waals surface area contributed by atoms with Crippen LogP contribution in [0.2, 0.25) is 0 Å². The van der Waals surface area contributed by atoms with E-state index in [2.05, 4.69) is 11.8 Å². The van der Waals surface area contributed by atoms with E-state index in [4.69, 9.17) is 4.74 Å². The zero-order valence-electron chi connectivity index (χ0n) is 21.0. The molecule has 35 heavy (non-hydrogen) atoms. The number of β-amino-alcohol motifs (C(OH)–C–C–N with tert-alkyl or cyclic N) is 1. The number of ether oxygens (including phenoxy) is 1. The van der Waals surface area contributed by atoms with Gasteiger partial charge >= 0.3 is 0 Å². The Morgan fingerprint density at radius 2 is 1.83 bits per heavy atom. The highest BCUT2D eigenvalue weighted by Crippen LogP contribution is 2.38. The second-order valence-corrected chi connectivity index (χ2v) is 12.1. The molecule has 1 atom stereocenters. The Morgan fingerprint density at radius 3 is 2.46 bits per heavy atom. The fourth-order valence-electron chi connectivity index (χ4n) is 4.93. The van der Waals surface area contributed by atoms with E-state index < -0.39 is 21.7 Å². The van der Waals surface area contributed by atoms with E-state index in [0.29, 0.717) is 63.4 Å². The summed E-state index contributed by atoms with van der Waals surface area (Å²) in [4.78, 5) is 2.24. The normalized spacial score (nSPS) is 20.1. The topological polar surface area (TPSA) is 90.3 Å². The molecule has 8 heteroatoms. The first-order valence-corrected chi connectivity index (χ1v) is 14.1.